The van der Waals surface area contributed by atoms with Crippen LogP contribution >= 0.6 is 0 Å². The zero-order valence-electron chi connectivity index (χ0n) is 9.89. The number of rotatable bonds is 7. The van der Waals surface area contributed by atoms with Crippen LogP contribution in [0.1, 0.15) is 32.6 Å². The maximum absolute atomic E-state index is 8.78. The molecule has 1 fully saturated rings. The van der Waals surface area contributed by atoms with E-state index in [-0.39, 0.29) is 6.61 Å². The van der Waals surface area contributed by atoms with E-state index in [1.807, 2.05) is 12.3 Å². The zero-order chi connectivity index (χ0) is 11.4. The van der Waals surface area contributed by atoms with Crippen LogP contribution in [0.25, 0.3) is 0 Å². The fourth-order valence-electron chi connectivity index (χ4n) is 1.87. The number of aliphatic hydroxyl groups excluding tert-OH is 1. The van der Waals surface area contributed by atoms with E-state index >= 15 is 0 Å². The number of aromatic nitrogens is 2. The zero-order valence-corrected chi connectivity index (χ0v) is 9.89. The maximum Gasteiger partial charge on any atom is 0.124 e. The van der Waals surface area contributed by atoms with Gasteiger partial charge >= 0.3 is 0 Å². The van der Waals surface area contributed by atoms with Crippen molar-refractivity contribution in [3.63, 3.8) is 0 Å². The number of nitrogens with one attached hydrogen (secondary N) is 1. The monoisotopic (exact) mass is 223 g/mol. The van der Waals surface area contributed by atoms with Crippen LogP contribution in [-0.4, -0.2) is 27.5 Å². The van der Waals surface area contributed by atoms with Crippen LogP contribution in [0.4, 0.5) is 5.82 Å². The molecule has 4 nitrogen and oxygen atoms in total. The van der Waals surface area contributed by atoms with Gasteiger partial charge in [0, 0.05) is 25.3 Å². The molecule has 0 spiro atoms. The van der Waals surface area contributed by atoms with Crippen LogP contribution in [0.15, 0.2) is 12.3 Å². The number of hydrogen-bond acceptors (Lipinski definition) is 3. The Balaban J connectivity index is 1.84. The van der Waals surface area contributed by atoms with Gasteiger partial charge in [0.2, 0.25) is 0 Å². The molecule has 1 aliphatic carbocycles. The van der Waals surface area contributed by atoms with Gasteiger partial charge < -0.3 is 10.4 Å². The molecule has 2 rings (SSSR count). The lowest BCUT2D eigenvalue weighted by molar-refractivity contribution is 0.282. The molecule has 16 heavy (non-hydrogen) atoms. The molecule has 0 saturated heterocycles. The Labute approximate surface area is 96.7 Å². The molecule has 2 N–H and O–H groups in total. The number of hydrogen-bond donors (Lipinski definition) is 2. The van der Waals surface area contributed by atoms with E-state index in [1.54, 1.807) is 0 Å². The van der Waals surface area contributed by atoms with Gasteiger partial charge in [-0.15, -0.1) is 0 Å². The topological polar surface area (TPSA) is 50.1 Å². The molecule has 1 saturated carbocycles. The van der Waals surface area contributed by atoms with Gasteiger partial charge in [-0.2, -0.15) is 5.10 Å². The summed E-state index contributed by atoms with van der Waals surface area (Å²) >= 11 is 0. The largest absolute Gasteiger partial charge is 0.396 e. The molecule has 90 valence electrons. The minimum atomic E-state index is 0.271. The summed E-state index contributed by atoms with van der Waals surface area (Å²) in [5.74, 6) is 1.95. The summed E-state index contributed by atoms with van der Waals surface area (Å²) in [6.45, 7) is 3.46. The lowest BCUT2D eigenvalue weighted by Crippen LogP contribution is -2.19. The van der Waals surface area contributed by atoms with E-state index in [0.29, 0.717) is 6.04 Å². The smallest absolute Gasteiger partial charge is 0.124 e. The molecule has 1 aliphatic rings. The molecule has 0 bridgehead atoms. The lowest BCUT2D eigenvalue weighted by atomic mass is 10.2. The van der Waals surface area contributed by atoms with Gasteiger partial charge in [0.15, 0.2) is 0 Å². The Morgan fingerprint density at radius 3 is 3.12 bits per heavy atom. The Morgan fingerprint density at radius 2 is 2.44 bits per heavy atom. The van der Waals surface area contributed by atoms with E-state index in [2.05, 4.69) is 22.0 Å². The molecule has 4 heteroatoms. The van der Waals surface area contributed by atoms with Crippen molar-refractivity contribution < 1.29 is 5.11 Å². The number of aliphatic hydroxyl groups is 1. The number of anilines is 1. The fraction of sp³-hybridized carbons (Fsp3) is 0.750. The summed E-state index contributed by atoms with van der Waals surface area (Å²) in [6, 6.07) is 2.42. The van der Waals surface area contributed by atoms with Crippen molar-refractivity contribution >= 4 is 5.82 Å². The minimum absolute atomic E-state index is 0.271. The Hall–Kier alpha value is -1.03. The summed E-state index contributed by atoms with van der Waals surface area (Å²) in [4.78, 5) is 0. The highest BCUT2D eigenvalue weighted by atomic mass is 16.2. The summed E-state index contributed by atoms with van der Waals surface area (Å²) in [6.07, 6.45) is 6.39. The average molecular weight is 223 g/mol. The molecule has 1 heterocycles. The van der Waals surface area contributed by atoms with Gasteiger partial charge in [-0.3, -0.25) is 0 Å². The van der Waals surface area contributed by atoms with Crippen LogP contribution in [0.2, 0.25) is 0 Å². The third-order valence-corrected chi connectivity index (χ3v) is 3.03. The van der Waals surface area contributed by atoms with Crippen molar-refractivity contribution in [2.75, 3.05) is 11.9 Å². The predicted octanol–water partition coefficient (Wildman–Crippen LogP) is 1.87. The van der Waals surface area contributed by atoms with Crippen molar-refractivity contribution in [3.8, 4) is 0 Å². The maximum atomic E-state index is 8.78. The van der Waals surface area contributed by atoms with E-state index in [0.717, 1.165) is 31.1 Å². The molecular weight excluding hydrogens is 202 g/mol. The van der Waals surface area contributed by atoms with E-state index in [9.17, 15) is 0 Å². The second-order valence-electron chi connectivity index (χ2n) is 4.75. The third kappa shape index (κ3) is 3.23. The number of nitrogens with zero attached hydrogens (tertiary/aromatic N) is 2. The molecule has 0 aliphatic heterocycles. The van der Waals surface area contributed by atoms with Gasteiger partial charge in [-0.1, -0.05) is 0 Å². The highest BCUT2D eigenvalue weighted by Crippen LogP contribution is 2.31. The summed E-state index contributed by atoms with van der Waals surface area (Å²) in [7, 11) is 0. The first-order valence-electron chi connectivity index (χ1n) is 6.19. The van der Waals surface area contributed by atoms with Crippen LogP contribution in [0, 0.1) is 5.92 Å². The molecule has 1 atom stereocenters. The fourth-order valence-corrected chi connectivity index (χ4v) is 1.87. The second-order valence-corrected chi connectivity index (χ2v) is 4.75. The predicted molar refractivity (Wildman–Crippen MR) is 64.4 cm³/mol. The first-order chi connectivity index (χ1) is 7.79. The van der Waals surface area contributed by atoms with Crippen LogP contribution in [-0.2, 0) is 6.54 Å². The Kier molecular flexibility index (Phi) is 3.83. The summed E-state index contributed by atoms with van der Waals surface area (Å²) < 4.78 is 2.06. The summed E-state index contributed by atoms with van der Waals surface area (Å²) in [5, 5.41) is 16.6. The first-order valence-corrected chi connectivity index (χ1v) is 6.19. The van der Waals surface area contributed by atoms with Crippen molar-refractivity contribution in [2.24, 2.45) is 5.92 Å². The normalized spacial score (nSPS) is 17.4. The van der Waals surface area contributed by atoms with Gasteiger partial charge in [-0.25, -0.2) is 4.68 Å². The quantitative estimate of drug-likeness (QED) is 0.742. The van der Waals surface area contributed by atoms with Crippen LogP contribution in [0.3, 0.4) is 0 Å². The highest BCUT2D eigenvalue weighted by Gasteiger charge is 2.23. The SMILES string of the molecule is CC(CCCO)Nc1ccnn1CC1CC1. The molecular formula is C12H21N3O. The summed E-state index contributed by atoms with van der Waals surface area (Å²) in [5.41, 5.74) is 0. The van der Waals surface area contributed by atoms with E-state index in [1.165, 1.54) is 12.8 Å². The standard InChI is InChI=1S/C12H21N3O/c1-10(3-2-8-16)14-12-6-7-13-15(12)9-11-4-5-11/h6-7,10-11,14,16H,2-5,8-9H2,1H3. The van der Waals surface area contributed by atoms with Crippen molar-refractivity contribution in [1.29, 1.82) is 0 Å². The van der Waals surface area contributed by atoms with E-state index < -0.39 is 0 Å². The first kappa shape index (κ1) is 11.5. The van der Waals surface area contributed by atoms with Crippen molar-refractivity contribution in [2.45, 2.75) is 45.2 Å². The molecule has 0 amide bonds. The average Bonchev–Trinajstić information content (AvgIpc) is 2.98. The molecule has 1 aromatic rings. The van der Waals surface area contributed by atoms with Gasteiger partial charge in [0.1, 0.15) is 5.82 Å². The minimum Gasteiger partial charge on any atom is -0.396 e. The van der Waals surface area contributed by atoms with Gasteiger partial charge in [0.25, 0.3) is 0 Å². The van der Waals surface area contributed by atoms with Crippen LogP contribution in [0.5, 0.6) is 0 Å². The van der Waals surface area contributed by atoms with E-state index in [4.69, 9.17) is 5.11 Å². The van der Waals surface area contributed by atoms with Crippen LogP contribution < -0.4 is 5.32 Å². The molecule has 1 aromatic heterocycles. The Bertz CT molecular complexity index is 320. The Morgan fingerprint density at radius 1 is 1.62 bits per heavy atom. The lowest BCUT2D eigenvalue weighted by Gasteiger charge is -2.15. The highest BCUT2D eigenvalue weighted by molar-refractivity contribution is 5.34. The molecule has 1 unspecified atom stereocenters. The second kappa shape index (κ2) is 5.34. The molecule has 0 aromatic carbocycles. The van der Waals surface area contributed by atoms with Gasteiger partial charge in [-0.05, 0) is 38.5 Å². The van der Waals surface area contributed by atoms with Gasteiger partial charge in [0.05, 0.1) is 6.20 Å². The van der Waals surface area contributed by atoms with Crippen molar-refractivity contribution in [3.05, 3.63) is 12.3 Å². The van der Waals surface area contributed by atoms with Crippen molar-refractivity contribution in [1.82, 2.24) is 9.78 Å². The molecule has 0 radical (unpaired) electrons. The third-order valence-electron chi connectivity index (χ3n) is 3.03.